The molecule has 8 heteroatoms. The number of carbonyl (C=O) groups excluding carboxylic acids is 1. The van der Waals surface area contributed by atoms with Gasteiger partial charge in [-0.2, -0.15) is 5.10 Å². The van der Waals surface area contributed by atoms with Crippen molar-refractivity contribution in [2.75, 3.05) is 20.3 Å². The number of phenolic OH excluding ortho intramolecular Hbond substituents is 1. The zero-order valence-electron chi connectivity index (χ0n) is 14.4. The first-order valence-electron chi connectivity index (χ1n) is 7.77. The van der Waals surface area contributed by atoms with Gasteiger partial charge >= 0.3 is 0 Å². The molecule has 0 atom stereocenters. The van der Waals surface area contributed by atoms with E-state index in [1.54, 1.807) is 43.5 Å². The summed E-state index contributed by atoms with van der Waals surface area (Å²) in [6, 6.07) is 10.2. The Labute approximate surface area is 159 Å². The number of aromatic hydroxyl groups is 1. The molecule has 1 amide bonds. The molecule has 2 N–H and O–H groups in total. The van der Waals surface area contributed by atoms with E-state index in [1.165, 1.54) is 6.21 Å². The highest BCUT2D eigenvalue weighted by Gasteiger charge is 2.08. The number of nitrogens with one attached hydrogen (secondary N) is 1. The smallest absolute Gasteiger partial charge is 0.277 e. The summed E-state index contributed by atoms with van der Waals surface area (Å²) in [5, 5.41) is 13.7. The van der Waals surface area contributed by atoms with Gasteiger partial charge in [-0.3, -0.25) is 4.79 Å². The van der Waals surface area contributed by atoms with Crippen LogP contribution in [0.1, 0.15) is 12.5 Å². The highest BCUT2D eigenvalue weighted by Crippen LogP contribution is 2.35. The lowest BCUT2D eigenvalue weighted by Crippen LogP contribution is -2.24. The van der Waals surface area contributed by atoms with Gasteiger partial charge in [0.05, 0.1) is 24.4 Å². The number of phenols is 1. The number of hydrazone groups is 1. The maximum absolute atomic E-state index is 11.8. The third-order valence-electron chi connectivity index (χ3n) is 3.16. The summed E-state index contributed by atoms with van der Waals surface area (Å²) in [7, 11) is 1.55. The molecular formula is C18H19BrN2O5. The van der Waals surface area contributed by atoms with Crippen molar-refractivity contribution < 1.29 is 24.1 Å². The van der Waals surface area contributed by atoms with Crippen molar-refractivity contribution in [3.05, 3.63) is 46.4 Å². The van der Waals surface area contributed by atoms with E-state index in [9.17, 15) is 9.90 Å². The Morgan fingerprint density at radius 1 is 1.27 bits per heavy atom. The molecule has 0 aliphatic rings. The average molecular weight is 423 g/mol. The number of benzene rings is 2. The number of hydrogen-bond acceptors (Lipinski definition) is 6. The van der Waals surface area contributed by atoms with Crippen LogP contribution in [0.15, 0.2) is 46.0 Å². The summed E-state index contributed by atoms with van der Waals surface area (Å²) < 4.78 is 16.3. The van der Waals surface area contributed by atoms with Gasteiger partial charge in [-0.1, -0.05) is 6.07 Å². The minimum Gasteiger partial charge on any atom is -0.503 e. The number of halogens is 1. The van der Waals surface area contributed by atoms with Gasteiger partial charge in [0.25, 0.3) is 5.91 Å². The molecule has 2 rings (SSSR count). The predicted molar refractivity (Wildman–Crippen MR) is 101 cm³/mol. The Bertz CT molecular complexity index is 795. The molecule has 0 spiro atoms. The van der Waals surface area contributed by atoms with Gasteiger partial charge in [-0.25, -0.2) is 5.43 Å². The summed E-state index contributed by atoms with van der Waals surface area (Å²) in [4.78, 5) is 11.8. The fraction of sp³-hybridized carbons (Fsp3) is 0.222. The van der Waals surface area contributed by atoms with E-state index in [0.29, 0.717) is 33.9 Å². The van der Waals surface area contributed by atoms with E-state index in [-0.39, 0.29) is 12.4 Å². The monoisotopic (exact) mass is 422 g/mol. The van der Waals surface area contributed by atoms with Crippen LogP contribution in [-0.4, -0.2) is 37.6 Å². The molecule has 0 saturated heterocycles. The summed E-state index contributed by atoms with van der Waals surface area (Å²) in [5.74, 6) is 1.10. The first-order chi connectivity index (χ1) is 12.5. The van der Waals surface area contributed by atoms with Gasteiger partial charge < -0.3 is 19.3 Å². The summed E-state index contributed by atoms with van der Waals surface area (Å²) in [6.45, 7) is 2.05. The van der Waals surface area contributed by atoms with E-state index >= 15 is 0 Å². The maximum Gasteiger partial charge on any atom is 0.277 e. The van der Waals surface area contributed by atoms with Crippen LogP contribution >= 0.6 is 15.9 Å². The van der Waals surface area contributed by atoms with Gasteiger partial charge in [0.2, 0.25) is 0 Å². The van der Waals surface area contributed by atoms with Crippen LogP contribution < -0.4 is 19.6 Å². The Balaban J connectivity index is 1.90. The van der Waals surface area contributed by atoms with E-state index < -0.39 is 5.91 Å². The second kappa shape index (κ2) is 9.67. The lowest BCUT2D eigenvalue weighted by atomic mass is 10.2. The van der Waals surface area contributed by atoms with Crippen LogP contribution in [0, 0.1) is 0 Å². The van der Waals surface area contributed by atoms with Crippen LogP contribution in [0.4, 0.5) is 0 Å². The Kier molecular flexibility index (Phi) is 7.28. The van der Waals surface area contributed by atoms with Gasteiger partial charge in [0.1, 0.15) is 11.5 Å². The van der Waals surface area contributed by atoms with Crippen molar-refractivity contribution in [1.29, 1.82) is 0 Å². The molecule has 138 valence electrons. The normalized spacial score (nSPS) is 10.6. The highest BCUT2D eigenvalue weighted by molar-refractivity contribution is 9.10. The molecule has 0 radical (unpaired) electrons. The quantitative estimate of drug-likeness (QED) is 0.503. The van der Waals surface area contributed by atoms with E-state index in [4.69, 9.17) is 14.2 Å². The molecule has 0 aliphatic heterocycles. The van der Waals surface area contributed by atoms with E-state index in [2.05, 4.69) is 26.5 Å². The standard InChI is InChI=1S/C18H19BrN2O5/c1-3-25-16-8-12(7-15(19)18(16)23)10-20-21-17(22)11-26-14-6-4-5-13(9-14)24-2/h4-10,23H,3,11H2,1-2H3,(H,21,22)/b20-10+. The van der Waals surface area contributed by atoms with Crippen molar-refractivity contribution in [3.8, 4) is 23.0 Å². The molecule has 0 saturated carbocycles. The molecule has 7 nitrogen and oxygen atoms in total. The summed E-state index contributed by atoms with van der Waals surface area (Å²) in [6.07, 6.45) is 1.44. The number of nitrogens with zero attached hydrogens (tertiary/aromatic N) is 1. The lowest BCUT2D eigenvalue weighted by molar-refractivity contribution is -0.123. The van der Waals surface area contributed by atoms with E-state index in [0.717, 1.165) is 0 Å². The number of amides is 1. The average Bonchev–Trinajstić information content (AvgIpc) is 2.64. The van der Waals surface area contributed by atoms with Crippen LogP contribution in [0.25, 0.3) is 0 Å². The molecule has 0 bridgehead atoms. The molecular weight excluding hydrogens is 404 g/mol. The first-order valence-corrected chi connectivity index (χ1v) is 8.56. The number of hydrogen-bond donors (Lipinski definition) is 2. The Hall–Kier alpha value is -2.74. The maximum atomic E-state index is 11.8. The topological polar surface area (TPSA) is 89.4 Å². The largest absolute Gasteiger partial charge is 0.503 e. The van der Waals surface area contributed by atoms with Crippen molar-refractivity contribution in [2.24, 2.45) is 5.10 Å². The van der Waals surface area contributed by atoms with Crippen molar-refractivity contribution in [2.45, 2.75) is 6.92 Å². The molecule has 0 heterocycles. The molecule has 26 heavy (non-hydrogen) atoms. The summed E-state index contributed by atoms with van der Waals surface area (Å²) >= 11 is 3.24. The van der Waals surface area contributed by atoms with Crippen LogP contribution in [0.5, 0.6) is 23.0 Å². The van der Waals surface area contributed by atoms with E-state index in [1.807, 2.05) is 6.92 Å². The number of carbonyl (C=O) groups is 1. The van der Waals surface area contributed by atoms with Gasteiger partial charge in [0, 0.05) is 6.07 Å². The molecule has 0 aliphatic carbocycles. The zero-order chi connectivity index (χ0) is 18.9. The lowest BCUT2D eigenvalue weighted by Gasteiger charge is -2.08. The molecule has 2 aromatic carbocycles. The fourth-order valence-corrected chi connectivity index (χ4v) is 2.44. The van der Waals surface area contributed by atoms with Crippen LogP contribution in [0.3, 0.4) is 0 Å². The van der Waals surface area contributed by atoms with Crippen molar-refractivity contribution in [1.82, 2.24) is 5.43 Å². The van der Waals surface area contributed by atoms with Gasteiger partial charge in [-0.05, 0) is 52.7 Å². The Morgan fingerprint density at radius 3 is 2.77 bits per heavy atom. The Morgan fingerprint density at radius 2 is 2.04 bits per heavy atom. The first kappa shape index (κ1) is 19.6. The van der Waals surface area contributed by atoms with Crippen molar-refractivity contribution in [3.63, 3.8) is 0 Å². The molecule has 2 aromatic rings. The van der Waals surface area contributed by atoms with Gasteiger partial charge in [-0.15, -0.1) is 0 Å². The van der Waals surface area contributed by atoms with Crippen LogP contribution in [0.2, 0.25) is 0 Å². The number of rotatable bonds is 8. The van der Waals surface area contributed by atoms with Crippen LogP contribution in [-0.2, 0) is 4.79 Å². The zero-order valence-corrected chi connectivity index (χ0v) is 15.9. The molecule has 0 fully saturated rings. The minimum atomic E-state index is -0.410. The molecule has 0 unspecified atom stereocenters. The minimum absolute atomic E-state index is 0.0136. The van der Waals surface area contributed by atoms with Gasteiger partial charge in [0.15, 0.2) is 18.1 Å². The second-order valence-electron chi connectivity index (χ2n) is 5.04. The number of methoxy groups -OCH3 is 1. The fourth-order valence-electron chi connectivity index (χ4n) is 1.98. The number of ether oxygens (including phenoxy) is 3. The highest BCUT2D eigenvalue weighted by atomic mass is 79.9. The third kappa shape index (κ3) is 5.66. The predicted octanol–water partition coefficient (Wildman–Crippen LogP) is 3.09. The molecule has 0 aromatic heterocycles. The van der Waals surface area contributed by atoms with Crippen molar-refractivity contribution >= 4 is 28.1 Å². The third-order valence-corrected chi connectivity index (χ3v) is 3.77. The second-order valence-corrected chi connectivity index (χ2v) is 5.90. The SMILES string of the molecule is CCOc1cc(/C=N/NC(=O)COc2cccc(OC)c2)cc(Br)c1O. The summed E-state index contributed by atoms with van der Waals surface area (Å²) in [5.41, 5.74) is 3.02.